The summed E-state index contributed by atoms with van der Waals surface area (Å²) in [7, 11) is -1.83. The smallest absolute Gasteiger partial charge is 0.406 e. The average Bonchev–Trinajstić information content (AvgIpc) is 2.69. The number of rotatable bonds is 5. The first kappa shape index (κ1) is 23.0. The van der Waals surface area contributed by atoms with Crippen molar-refractivity contribution in [2.75, 3.05) is 38.5 Å². The number of alkyl halides is 3. The van der Waals surface area contributed by atoms with E-state index in [-0.39, 0.29) is 16.1 Å². The lowest BCUT2D eigenvalue weighted by molar-refractivity contribution is -0.274. The predicted molar refractivity (Wildman–Crippen MR) is 109 cm³/mol. The van der Waals surface area contributed by atoms with Crippen LogP contribution in [0.3, 0.4) is 0 Å². The van der Waals surface area contributed by atoms with Crippen molar-refractivity contribution in [1.82, 2.24) is 9.21 Å². The van der Waals surface area contributed by atoms with E-state index in [9.17, 15) is 26.4 Å². The Morgan fingerprint density at radius 1 is 1.03 bits per heavy atom. The van der Waals surface area contributed by atoms with E-state index in [1.165, 1.54) is 28.6 Å². The highest BCUT2D eigenvalue weighted by Crippen LogP contribution is 2.25. The molecule has 0 aliphatic carbocycles. The topological polar surface area (TPSA) is 79.0 Å². The summed E-state index contributed by atoms with van der Waals surface area (Å²) >= 11 is 0. The fourth-order valence-electron chi connectivity index (χ4n) is 3.12. The summed E-state index contributed by atoms with van der Waals surface area (Å²) in [4.78, 5) is 14.8. The fourth-order valence-corrected chi connectivity index (χ4v) is 4.57. The van der Waals surface area contributed by atoms with E-state index in [4.69, 9.17) is 0 Å². The SMILES string of the molecule is Cc1ccc(S(=O)(=O)N2CCN(C)CC2)cc1C(=O)Nc1ccc(OC(F)(F)F)cc1. The van der Waals surface area contributed by atoms with Gasteiger partial charge in [0, 0.05) is 37.4 Å². The zero-order valence-electron chi connectivity index (χ0n) is 16.9. The molecule has 0 unspecified atom stereocenters. The van der Waals surface area contributed by atoms with Crippen LogP contribution in [0, 0.1) is 6.92 Å². The van der Waals surface area contributed by atoms with Gasteiger partial charge in [0.2, 0.25) is 10.0 Å². The van der Waals surface area contributed by atoms with E-state index in [1.807, 2.05) is 11.9 Å². The molecule has 2 aromatic rings. The molecule has 0 bridgehead atoms. The zero-order valence-corrected chi connectivity index (χ0v) is 17.8. The molecule has 1 aliphatic heterocycles. The molecule has 1 fully saturated rings. The number of hydrogen-bond acceptors (Lipinski definition) is 5. The van der Waals surface area contributed by atoms with Crippen LogP contribution in [0.4, 0.5) is 18.9 Å². The molecular weight excluding hydrogens is 435 g/mol. The maximum absolute atomic E-state index is 13.0. The van der Waals surface area contributed by atoms with Crippen molar-refractivity contribution in [3.8, 4) is 5.75 Å². The maximum atomic E-state index is 13.0. The van der Waals surface area contributed by atoms with E-state index in [1.54, 1.807) is 13.0 Å². The molecule has 1 saturated heterocycles. The number of hydrogen-bond donors (Lipinski definition) is 1. The van der Waals surface area contributed by atoms with Crippen molar-refractivity contribution in [2.24, 2.45) is 0 Å². The first-order chi connectivity index (χ1) is 14.5. The monoisotopic (exact) mass is 457 g/mol. The largest absolute Gasteiger partial charge is 0.573 e. The molecular formula is C20H22F3N3O4S. The zero-order chi connectivity index (χ0) is 22.8. The number of benzene rings is 2. The molecule has 7 nitrogen and oxygen atoms in total. The first-order valence-corrected chi connectivity index (χ1v) is 10.9. The second kappa shape index (κ2) is 8.85. The summed E-state index contributed by atoms with van der Waals surface area (Å²) in [5.41, 5.74) is 0.962. The van der Waals surface area contributed by atoms with E-state index >= 15 is 0 Å². The van der Waals surface area contributed by atoms with Gasteiger partial charge in [0.15, 0.2) is 0 Å². The van der Waals surface area contributed by atoms with Crippen molar-refractivity contribution >= 4 is 21.6 Å². The lowest BCUT2D eigenvalue weighted by Gasteiger charge is -2.31. The maximum Gasteiger partial charge on any atom is 0.573 e. The van der Waals surface area contributed by atoms with Crippen LogP contribution in [0.2, 0.25) is 0 Å². The third kappa shape index (κ3) is 5.75. The number of carbonyl (C=O) groups is 1. The van der Waals surface area contributed by atoms with Crippen molar-refractivity contribution in [3.05, 3.63) is 53.6 Å². The van der Waals surface area contributed by atoms with Gasteiger partial charge in [0.25, 0.3) is 5.91 Å². The Hall–Kier alpha value is -2.63. The van der Waals surface area contributed by atoms with E-state index in [0.29, 0.717) is 31.7 Å². The standard InChI is InChI=1S/C20H22F3N3O4S/c1-14-3-8-17(31(28,29)26-11-9-25(2)10-12-26)13-18(14)19(27)24-15-4-6-16(7-5-15)30-20(21,22)23/h3-8,13H,9-12H2,1-2H3,(H,24,27). The van der Waals surface area contributed by atoms with Gasteiger partial charge in [0.1, 0.15) is 5.75 Å². The van der Waals surface area contributed by atoms with Crippen molar-refractivity contribution < 1.29 is 31.1 Å². The molecule has 0 spiro atoms. The first-order valence-electron chi connectivity index (χ1n) is 9.42. The minimum atomic E-state index is -4.81. The number of nitrogens with zero attached hydrogens (tertiary/aromatic N) is 2. The molecule has 1 aliphatic rings. The molecule has 1 heterocycles. The summed E-state index contributed by atoms with van der Waals surface area (Å²) in [6.45, 7) is 3.63. The molecule has 31 heavy (non-hydrogen) atoms. The van der Waals surface area contributed by atoms with Crippen LogP contribution in [-0.4, -0.2) is 63.1 Å². The number of ether oxygens (including phenoxy) is 1. The van der Waals surface area contributed by atoms with Gasteiger partial charge in [-0.1, -0.05) is 6.07 Å². The van der Waals surface area contributed by atoms with Crippen LogP contribution in [0.15, 0.2) is 47.4 Å². The molecule has 0 radical (unpaired) electrons. The van der Waals surface area contributed by atoms with Gasteiger partial charge in [-0.05, 0) is 55.9 Å². The minimum absolute atomic E-state index is 0.0155. The van der Waals surface area contributed by atoms with Gasteiger partial charge in [-0.15, -0.1) is 13.2 Å². The molecule has 2 aromatic carbocycles. The Morgan fingerprint density at radius 2 is 1.65 bits per heavy atom. The molecule has 11 heteroatoms. The summed E-state index contributed by atoms with van der Waals surface area (Å²) < 4.78 is 67.9. The third-order valence-electron chi connectivity index (χ3n) is 4.90. The van der Waals surface area contributed by atoms with Gasteiger partial charge < -0.3 is 15.0 Å². The Labute approximate surface area is 178 Å². The number of amides is 1. The molecule has 1 amide bonds. The van der Waals surface area contributed by atoms with Crippen LogP contribution in [-0.2, 0) is 10.0 Å². The second-order valence-electron chi connectivity index (χ2n) is 7.21. The van der Waals surface area contributed by atoms with Crippen molar-refractivity contribution in [1.29, 1.82) is 0 Å². The molecule has 3 rings (SSSR count). The van der Waals surface area contributed by atoms with E-state index in [2.05, 4.69) is 10.1 Å². The number of piperazine rings is 1. The number of sulfonamides is 1. The molecule has 168 valence electrons. The number of likely N-dealkylation sites (N-methyl/N-ethyl adjacent to an activating group) is 1. The summed E-state index contributed by atoms with van der Waals surface area (Å²) in [6, 6.07) is 9.01. The minimum Gasteiger partial charge on any atom is -0.406 e. The lowest BCUT2D eigenvalue weighted by Crippen LogP contribution is -2.47. The number of nitrogens with one attached hydrogen (secondary N) is 1. The number of halogens is 3. The summed E-state index contributed by atoms with van der Waals surface area (Å²) in [5.74, 6) is -0.987. The number of aryl methyl sites for hydroxylation is 1. The van der Waals surface area contributed by atoms with Crippen LogP contribution < -0.4 is 10.1 Å². The summed E-state index contributed by atoms with van der Waals surface area (Å²) in [6.07, 6.45) is -4.81. The summed E-state index contributed by atoms with van der Waals surface area (Å²) in [5, 5.41) is 2.56. The lowest BCUT2D eigenvalue weighted by atomic mass is 10.1. The highest BCUT2D eigenvalue weighted by atomic mass is 32.2. The molecule has 0 saturated carbocycles. The number of anilines is 1. The Balaban J connectivity index is 1.77. The fraction of sp³-hybridized carbons (Fsp3) is 0.350. The second-order valence-corrected chi connectivity index (χ2v) is 9.15. The quantitative estimate of drug-likeness (QED) is 0.747. The predicted octanol–water partition coefficient (Wildman–Crippen LogP) is 3.08. The average molecular weight is 457 g/mol. The number of carbonyl (C=O) groups excluding carboxylic acids is 1. The van der Waals surface area contributed by atoms with Gasteiger partial charge in [-0.3, -0.25) is 4.79 Å². The van der Waals surface area contributed by atoms with Crippen molar-refractivity contribution in [3.63, 3.8) is 0 Å². The van der Waals surface area contributed by atoms with Gasteiger partial charge in [-0.2, -0.15) is 4.31 Å². The highest BCUT2D eigenvalue weighted by Gasteiger charge is 2.31. The normalized spacial score (nSPS) is 16.2. The highest BCUT2D eigenvalue weighted by molar-refractivity contribution is 7.89. The van der Waals surface area contributed by atoms with Crippen LogP contribution >= 0.6 is 0 Å². The third-order valence-corrected chi connectivity index (χ3v) is 6.79. The Bertz CT molecular complexity index is 1050. The Morgan fingerprint density at radius 3 is 2.23 bits per heavy atom. The van der Waals surface area contributed by atoms with Gasteiger partial charge in [0.05, 0.1) is 4.90 Å². The molecule has 0 aromatic heterocycles. The molecule has 0 atom stereocenters. The van der Waals surface area contributed by atoms with Gasteiger partial charge >= 0.3 is 6.36 Å². The van der Waals surface area contributed by atoms with Crippen molar-refractivity contribution in [2.45, 2.75) is 18.2 Å². The van der Waals surface area contributed by atoms with Crippen LogP contribution in [0.5, 0.6) is 5.75 Å². The van der Waals surface area contributed by atoms with E-state index in [0.717, 1.165) is 12.1 Å². The Kier molecular flexibility index (Phi) is 6.58. The van der Waals surface area contributed by atoms with E-state index < -0.39 is 28.0 Å². The van der Waals surface area contributed by atoms with Gasteiger partial charge in [-0.25, -0.2) is 8.42 Å². The van der Waals surface area contributed by atoms with Crippen LogP contribution in [0.1, 0.15) is 15.9 Å². The molecule has 1 N–H and O–H groups in total. The van der Waals surface area contributed by atoms with Crippen LogP contribution in [0.25, 0.3) is 0 Å².